The molecule has 3 aromatic rings. The summed E-state index contributed by atoms with van der Waals surface area (Å²) in [6.07, 6.45) is 9.41. The number of hydrazine groups is 1. The SMILES string of the molecule is CC(C)(C)OC(=O)CNNc1ccc(CCc2ccc3c(c2)C2C=CCC2C(c2cc4c(cc2Br)OCO4)N3)cn1. The Labute approximate surface area is 249 Å². The van der Waals surface area contributed by atoms with Crippen LogP contribution in [0.2, 0.25) is 0 Å². The average Bonchev–Trinajstić information content (AvgIpc) is 3.61. The predicted molar refractivity (Wildman–Crippen MR) is 162 cm³/mol. The predicted octanol–water partition coefficient (Wildman–Crippen LogP) is 6.44. The molecule has 3 aliphatic rings. The van der Waals surface area contributed by atoms with Crippen LogP contribution in [0.15, 0.2) is 65.3 Å². The molecule has 0 fully saturated rings. The van der Waals surface area contributed by atoms with E-state index in [1.165, 1.54) is 22.4 Å². The van der Waals surface area contributed by atoms with E-state index in [0.717, 1.165) is 40.8 Å². The number of halogens is 1. The Morgan fingerprint density at radius 1 is 1.07 bits per heavy atom. The van der Waals surface area contributed by atoms with Gasteiger partial charge < -0.3 is 25.0 Å². The number of carbonyl (C=O) groups excluding carboxylic acids is 1. The van der Waals surface area contributed by atoms with Crippen LogP contribution in [0.5, 0.6) is 11.5 Å². The first-order chi connectivity index (χ1) is 19.7. The van der Waals surface area contributed by atoms with Crippen LogP contribution < -0.4 is 25.6 Å². The maximum atomic E-state index is 11.8. The number of aryl methyl sites for hydroxylation is 2. The zero-order chi connectivity index (χ0) is 28.6. The van der Waals surface area contributed by atoms with E-state index >= 15 is 0 Å². The number of esters is 1. The van der Waals surface area contributed by atoms with Crippen molar-refractivity contribution in [3.63, 3.8) is 0 Å². The molecule has 2 aromatic carbocycles. The third kappa shape index (κ3) is 6.21. The molecule has 1 aromatic heterocycles. The number of nitrogens with one attached hydrogen (secondary N) is 3. The van der Waals surface area contributed by atoms with E-state index in [4.69, 9.17) is 14.2 Å². The minimum atomic E-state index is -0.503. The summed E-state index contributed by atoms with van der Waals surface area (Å²) in [5.74, 6) is 2.73. The molecule has 8 nitrogen and oxygen atoms in total. The highest BCUT2D eigenvalue weighted by atomic mass is 79.9. The smallest absolute Gasteiger partial charge is 0.322 e. The normalized spacial score (nSPS) is 20.2. The van der Waals surface area contributed by atoms with Crippen LogP contribution in [0, 0.1) is 5.92 Å². The van der Waals surface area contributed by atoms with Gasteiger partial charge in [-0.1, -0.05) is 46.3 Å². The molecular weight excluding hydrogens is 584 g/mol. The number of hydrogen-bond acceptors (Lipinski definition) is 8. The summed E-state index contributed by atoms with van der Waals surface area (Å²) < 4.78 is 17.6. The maximum absolute atomic E-state index is 11.8. The van der Waals surface area contributed by atoms with E-state index in [-0.39, 0.29) is 25.3 Å². The van der Waals surface area contributed by atoms with Crippen molar-refractivity contribution >= 4 is 33.4 Å². The van der Waals surface area contributed by atoms with Crippen molar-refractivity contribution in [3.05, 3.63) is 87.5 Å². The van der Waals surface area contributed by atoms with Crippen LogP contribution in [0.4, 0.5) is 11.5 Å². The minimum Gasteiger partial charge on any atom is -0.459 e. The average molecular weight is 620 g/mol. The molecule has 0 spiro atoms. The number of aromatic nitrogens is 1. The van der Waals surface area contributed by atoms with E-state index in [2.05, 4.69) is 79.6 Å². The van der Waals surface area contributed by atoms with Crippen LogP contribution in [-0.2, 0) is 22.4 Å². The number of carbonyl (C=O) groups is 1. The Balaban J connectivity index is 1.08. The first kappa shape index (κ1) is 27.6. The molecule has 0 bridgehead atoms. The van der Waals surface area contributed by atoms with Crippen molar-refractivity contribution in [2.45, 2.75) is 57.6 Å². The lowest BCUT2D eigenvalue weighted by Gasteiger charge is -2.38. The van der Waals surface area contributed by atoms with Crippen molar-refractivity contribution in [2.75, 3.05) is 24.1 Å². The Morgan fingerprint density at radius 3 is 2.63 bits per heavy atom. The maximum Gasteiger partial charge on any atom is 0.322 e. The van der Waals surface area contributed by atoms with Crippen LogP contribution >= 0.6 is 15.9 Å². The molecule has 6 rings (SSSR count). The highest BCUT2D eigenvalue weighted by Gasteiger charge is 2.39. The van der Waals surface area contributed by atoms with Crippen LogP contribution in [-0.4, -0.2) is 29.9 Å². The van der Waals surface area contributed by atoms with Gasteiger partial charge in [-0.15, -0.1) is 0 Å². The molecule has 3 heterocycles. The number of pyridine rings is 1. The molecule has 3 unspecified atom stereocenters. The number of nitrogens with zero attached hydrogens (tertiary/aromatic N) is 1. The molecule has 3 N–H and O–H groups in total. The van der Waals surface area contributed by atoms with Gasteiger partial charge in [-0.3, -0.25) is 4.79 Å². The summed E-state index contributed by atoms with van der Waals surface area (Å²) in [6, 6.07) is 15.1. The summed E-state index contributed by atoms with van der Waals surface area (Å²) in [6.45, 7) is 5.87. The second kappa shape index (κ2) is 11.4. The number of allylic oxidation sites excluding steroid dienone is 2. The summed E-state index contributed by atoms with van der Waals surface area (Å²) in [7, 11) is 0. The van der Waals surface area contributed by atoms with E-state index in [1.54, 1.807) is 0 Å². The fourth-order valence-electron chi connectivity index (χ4n) is 5.80. The molecule has 41 heavy (non-hydrogen) atoms. The zero-order valence-corrected chi connectivity index (χ0v) is 25.1. The number of rotatable bonds is 8. The third-order valence-corrected chi connectivity index (χ3v) is 8.34. The molecular formula is C32H35BrN4O4. The lowest BCUT2D eigenvalue weighted by Crippen LogP contribution is -2.34. The molecule has 0 amide bonds. The Hall–Kier alpha value is -3.56. The first-order valence-electron chi connectivity index (χ1n) is 14.0. The molecule has 1 aliphatic carbocycles. The van der Waals surface area contributed by atoms with Crippen molar-refractivity contribution < 1.29 is 19.0 Å². The minimum absolute atomic E-state index is 0.0552. The molecule has 3 atom stereocenters. The molecule has 214 valence electrons. The van der Waals surface area contributed by atoms with E-state index in [9.17, 15) is 4.79 Å². The van der Waals surface area contributed by atoms with Gasteiger partial charge in [0.25, 0.3) is 0 Å². The van der Waals surface area contributed by atoms with E-state index in [1.807, 2.05) is 39.1 Å². The van der Waals surface area contributed by atoms with Gasteiger partial charge in [-0.25, -0.2) is 10.4 Å². The lowest BCUT2D eigenvalue weighted by atomic mass is 9.76. The number of fused-ring (bicyclic) bond motifs is 4. The van der Waals surface area contributed by atoms with Gasteiger partial charge in [-0.2, -0.15) is 0 Å². The summed E-state index contributed by atoms with van der Waals surface area (Å²) >= 11 is 3.78. The Kier molecular flexibility index (Phi) is 7.66. The number of benzene rings is 2. The Bertz CT molecular complexity index is 1470. The Morgan fingerprint density at radius 2 is 1.85 bits per heavy atom. The number of anilines is 2. The van der Waals surface area contributed by atoms with E-state index < -0.39 is 5.60 Å². The van der Waals surface area contributed by atoms with Crippen molar-refractivity contribution in [1.29, 1.82) is 0 Å². The fraction of sp³-hybridized carbons (Fsp3) is 0.375. The fourth-order valence-corrected chi connectivity index (χ4v) is 6.37. The van der Waals surface area contributed by atoms with Gasteiger partial charge in [0.2, 0.25) is 6.79 Å². The van der Waals surface area contributed by atoms with Gasteiger partial charge in [0.1, 0.15) is 18.0 Å². The third-order valence-electron chi connectivity index (χ3n) is 7.65. The topological polar surface area (TPSA) is 93.7 Å². The standard InChI is InChI=1S/C32H35BrN4O4/c1-32(2,3)41-30(38)17-35-37-29-12-10-20(16-34-29)8-7-19-9-11-26-23(13-19)21-5-4-6-22(21)31(36-26)24-14-27-28(15-25(24)33)40-18-39-27/h4-5,9-16,21-22,31,35-36H,6-8,17-18H2,1-3H3,(H,34,37). The number of hydrogen-bond donors (Lipinski definition) is 3. The van der Waals surface area contributed by atoms with Crippen LogP contribution in [0.25, 0.3) is 0 Å². The lowest BCUT2D eigenvalue weighted by molar-refractivity contribution is -0.153. The van der Waals surface area contributed by atoms with Crippen molar-refractivity contribution in [1.82, 2.24) is 10.4 Å². The van der Waals surface area contributed by atoms with E-state index in [0.29, 0.717) is 17.7 Å². The van der Waals surface area contributed by atoms with Gasteiger partial charge in [-0.05, 0) is 92.5 Å². The highest BCUT2D eigenvalue weighted by Crippen LogP contribution is 2.52. The van der Waals surface area contributed by atoms with Gasteiger partial charge in [0.15, 0.2) is 11.5 Å². The molecule has 0 saturated carbocycles. The van der Waals surface area contributed by atoms with Crippen molar-refractivity contribution in [3.8, 4) is 11.5 Å². The largest absolute Gasteiger partial charge is 0.459 e. The number of ether oxygens (including phenoxy) is 3. The van der Waals surface area contributed by atoms with Gasteiger partial charge >= 0.3 is 5.97 Å². The van der Waals surface area contributed by atoms with Gasteiger partial charge in [0, 0.05) is 22.3 Å². The van der Waals surface area contributed by atoms with Crippen LogP contribution in [0.3, 0.4) is 0 Å². The second-order valence-electron chi connectivity index (χ2n) is 11.7. The molecule has 2 aliphatic heterocycles. The highest BCUT2D eigenvalue weighted by molar-refractivity contribution is 9.10. The van der Waals surface area contributed by atoms with Crippen LogP contribution in [0.1, 0.15) is 61.4 Å². The molecule has 0 radical (unpaired) electrons. The first-order valence-corrected chi connectivity index (χ1v) is 14.8. The monoisotopic (exact) mass is 618 g/mol. The van der Waals surface area contributed by atoms with Crippen molar-refractivity contribution in [2.24, 2.45) is 5.92 Å². The summed E-state index contributed by atoms with van der Waals surface area (Å²) in [4.78, 5) is 16.3. The quantitative estimate of drug-likeness (QED) is 0.151. The van der Waals surface area contributed by atoms with Gasteiger partial charge in [0.05, 0.1) is 6.04 Å². The molecule has 9 heteroatoms. The zero-order valence-electron chi connectivity index (χ0n) is 23.5. The molecule has 0 saturated heterocycles. The summed E-state index contributed by atoms with van der Waals surface area (Å²) in [5, 5.41) is 3.84. The summed E-state index contributed by atoms with van der Waals surface area (Å²) in [5.41, 5.74) is 11.5. The second-order valence-corrected chi connectivity index (χ2v) is 12.6.